The van der Waals surface area contributed by atoms with Gasteiger partial charge in [0.2, 0.25) is 0 Å². The molecule has 0 saturated heterocycles. The van der Waals surface area contributed by atoms with Gasteiger partial charge in [-0.2, -0.15) is 0 Å². The summed E-state index contributed by atoms with van der Waals surface area (Å²) >= 11 is 0. The molecule has 0 spiro atoms. The first kappa shape index (κ1) is 14.9. The first-order valence-electron chi connectivity index (χ1n) is 6.99. The summed E-state index contributed by atoms with van der Waals surface area (Å²) in [6, 6.07) is 9.70. The van der Waals surface area contributed by atoms with E-state index in [4.69, 9.17) is 0 Å². The van der Waals surface area contributed by atoms with Gasteiger partial charge in [-0.15, -0.1) is 0 Å². The van der Waals surface area contributed by atoms with Crippen LogP contribution in [0.5, 0.6) is 0 Å². The maximum atomic E-state index is 10.8. The molecule has 0 unspecified atom stereocenters. The number of non-ortho nitro benzene ring substituents is 1. The van der Waals surface area contributed by atoms with Gasteiger partial charge in [0, 0.05) is 42.5 Å². The number of rotatable bonds is 5. The standard InChI is InChI=1S/C16H14N4O3/c21-15(12-3-1-5-14(9-12)20(22)23)11-19-8-7-18-16(19)13-4-2-6-17-10-13/h1-10,15,21H,11H2/t15-/m1/s1. The summed E-state index contributed by atoms with van der Waals surface area (Å²) in [4.78, 5) is 18.7. The van der Waals surface area contributed by atoms with E-state index in [2.05, 4.69) is 9.97 Å². The molecule has 3 aromatic rings. The third-order valence-electron chi connectivity index (χ3n) is 3.47. The van der Waals surface area contributed by atoms with Crippen molar-refractivity contribution in [2.75, 3.05) is 0 Å². The van der Waals surface area contributed by atoms with Crippen molar-refractivity contribution in [3.05, 3.63) is 76.9 Å². The highest BCUT2D eigenvalue weighted by Crippen LogP contribution is 2.23. The van der Waals surface area contributed by atoms with Crippen molar-refractivity contribution >= 4 is 5.69 Å². The summed E-state index contributed by atoms with van der Waals surface area (Å²) in [7, 11) is 0. The third kappa shape index (κ3) is 3.24. The van der Waals surface area contributed by atoms with Gasteiger partial charge in [0.15, 0.2) is 0 Å². The van der Waals surface area contributed by atoms with Crippen LogP contribution in [-0.2, 0) is 6.54 Å². The van der Waals surface area contributed by atoms with Gasteiger partial charge in [-0.1, -0.05) is 12.1 Å². The number of aliphatic hydroxyl groups is 1. The van der Waals surface area contributed by atoms with Gasteiger partial charge >= 0.3 is 0 Å². The average molecular weight is 310 g/mol. The van der Waals surface area contributed by atoms with Crippen LogP contribution in [0.2, 0.25) is 0 Å². The van der Waals surface area contributed by atoms with Crippen molar-refractivity contribution in [3.63, 3.8) is 0 Å². The minimum absolute atomic E-state index is 0.0420. The number of pyridine rings is 1. The van der Waals surface area contributed by atoms with Crippen molar-refractivity contribution in [2.45, 2.75) is 12.6 Å². The fraction of sp³-hybridized carbons (Fsp3) is 0.125. The molecule has 0 aliphatic heterocycles. The molecule has 3 rings (SSSR count). The van der Waals surface area contributed by atoms with E-state index in [0.717, 1.165) is 5.56 Å². The minimum Gasteiger partial charge on any atom is -0.387 e. The lowest BCUT2D eigenvalue weighted by atomic mass is 10.1. The number of aliphatic hydroxyl groups excluding tert-OH is 1. The Morgan fingerprint density at radius 2 is 2.13 bits per heavy atom. The maximum absolute atomic E-state index is 10.8. The fourth-order valence-corrected chi connectivity index (χ4v) is 2.35. The van der Waals surface area contributed by atoms with Crippen LogP contribution in [0.3, 0.4) is 0 Å². The van der Waals surface area contributed by atoms with Gasteiger partial charge in [-0.25, -0.2) is 4.98 Å². The van der Waals surface area contributed by atoms with Crippen molar-refractivity contribution < 1.29 is 10.0 Å². The molecule has 116 valence electrons. The first-order valence-corrected chi connectivity index (χ1v) is 6.99. The highest BCUT2D eigenvalue weighted by atomic mass is 16.6. The van der Waals surface area contributed by atoms with Crippen molar-refractivity contribution in [1.29, 1.82) is 0 Å². The van der Waals surface area contributed by atoms with Crippen molar-refractivity contribution in [3.8, 4) is 11.4 Å². The Kier molecular flexibility index (Phi) is 4.11. The summed E-state index contributed by atoms with van der Waals surface area (Å²) in [5.41, 5.74) is 1.29. The smallest absolute Gasteiger partial charge is 0.269 e. The van der Waals surface area contributed by atoms with E-state index in [1.165, 1.54) is 12.1 Å². The molecule has 0 amide bonds. The normalized spacial score (nSPS) is 12.0. The predicted octanol–water partition coefficient (Wildman–Crippen LogP) is 2.59. The third-order valence-corrected chi connectivity index (χ3v) is 3.47. The highest BCUT2D eigenvalue weighted by Gasteiger charge is 2.15. The molecule has 0 bridgehead atoms. The zero-order valence-corrected chi connectivity index (χ0v) is 12.1. The van der Waals surface area contributed by atoms with E-state index in [-0.39, 0.29) is 12.2 Å². The zero-order valence-electron chi connectivity index (χ0n) is 12.1. The Morgan fingerprint density at radius 3 is 2.87 bits per heavy atom. The Morgan fingerprint density at radius 1 is 1.26 bits per heavy atom. The van der Waals surface area contributed by atoms with E-state index < -0.39 is 11.0 Å². The van der Waals surface area contributed by atoms with Crippen LogP contribution in [0.25, 0.3) is 11.4 Å². The lowest BCUT2D eigenvalue weighted by Crippen LogP contribution is -2.09. The van der Waals surface area contributed by atoms with Crippen LogP contribution in [0.4, 0.5) is 5.69 Å². The molecule has 0 saturated carbocycles. The maximum Gasteiger partial charge on any atom is 0.269 e. The minimum atomic E-state index is -0.875. The zero-order chi connectivity index (χ0) is 16.2. The number of nitro benzene ring substituents is 1. The summed E-state index contributed by atoms with van der Waals surface area (Å²) in [5.74, 6) is 0.683. The predicted molar refractivity (Wildman–Crippen MR) is 83.5 cm³/mol. The second-order valence-corrected chi connectivity index (χ2v) is 5.01. The van der Waals surface area contributed by atoms with Gasteiger partial charge in [-0.3, -0.25) is 15.1 Å². The molecule has 2 heterocycles. The van der Waals surface area contributed by atoms with E-state index in [1.54, 1.807) is 41.5 Å². The Hall–Kier alpha value is -3.06. The molecule has 0 aliphatic rings. The first-order chi connectivity index (χ1) is 11.1. The summed E-state index contributed by atoms with van der Waals surface area (Å²) in [6.07, 6.45) is 5.89. The van der Waals surface area contributed by atoms with Crippen molar-refractivity contribution in [2.24, 2.45) is 0 Å². The molecule has 1 atom stereocenters. The number of nitro groups is 1. The summed E-state index contributed by atoms with van der Waals surface area (Å²) in [5, 5.41) is 21.2. The van der Waals surface area contributed by atoms with E-state index >= 15 is 0 Å². The van der Waals surface area contributed by atoms with E-state index in [1.807, 2.05) is 12.1 Å². The molecule has 1 N–H and O–H groups in total. The average Bonchev–Trinajstić information content (AvgIpc) is 3.04. The number of hydrogen-bond donors (Lipinski definition) is 1. The number of aromatic nitrogens is 3. The highest BCUT2D eigenvalue weighted by molar-refractivity contribution is 5.53. The SMILES string of the molecule is O=[N+]([O-])c1cccc([C@H](O)Cn2ccnc2-c2cccnc2)c1. The van der Waals surface area contributed by atoms with Gasteiger partial charge in [0.05, 0.1) is 17.6 Å². The van der Waals surface area contributed by atoms with Crippen LogP contribution in [0.15, 0.2) is 61.2 Å². The number of nitrogens with zero attached hydrogens (tertiary/aromatic N) is 4. The Balaban J connectivity index is 1.84. The summed E-state index contributed by atoms with van der Waals surface area (Å²) in [6.45, 7) is 0.241. The number of benzene rings is 1. The second kappa shape index (κ2) is 6.37. The monoisotopic (exact) mass is 310 g/mol. The van der Waals surface area contributed by atoms with Crippen molar-refractivity contribution in [1.82, 2.24) is 14.5 Å². The van der Waals surface area contributed by atoms with E-state index in [0.29, 0.717) is 11.4 Å². The van der Waals surface area contributed by atoms with Gasteiger partial charge in [0.25, 0.3) is 5.69 Å². The quantitative estimate of drug-likeness (QED) is 0.577. The summed E-state index contributed by atoms with van der Waals surface area (Å²) < 4.78 is 1.79. The molecule has 23 heavy (non-hydrogen) atoms. The van der Waals surface area contributed by atoms with Crippen LogP contribution in [0.1, 0.15) is 11.7 Å². The molecule has 7 nitrogen and oxygen atoms in total. The lowest BCUT2D eigenvalue weighted by molar-refractivity contribution is -0.385. The second-order valence-electron chi connectivity index (χ2n) is 5.01. The van der Waals surface area contributed by atoms with Crippen LogP contribution in [0, 0.1) is 10.1 Å². The molecule has 7 heteroatoms. The molecule has 0 fully saturated rings. The van der Waals surface area contributed by atoms with Crippen LogP contribution < -0.4 is 0 Å². The Labute approximate surface area is 132 Å². The Bertz CT molecular complexity index is 817. The lowest BCUT2D eigenvalue weighted by Gasteiger charge is -2.14. The van der Waals surface area contributed by atoms with Gasteiger partial charge < -0.3 is 9.67 Å². The molecular formula is C16H14N4O3. The van der Waals surface area contributed by atoms with Crippen LogP contribution >= 0.6 is 0 Å². The van der Waals surface area contributed by atoms with Crippen LogP contribution in [-0.4, -0.2) is 24.6 Å². The number of hydrogen-bond acceptors (Lipinski definition) is 5. The molecule has 0 aliphatic carbocycles. The number of imidazole rings is 1. The van der Waals surface area contributed by atoms with Gasteiger partial charge in [0.1, 0.15) is 5.82 Å². The topological polar surface area (TPSA) is 94.1 Å². The largest absolute Gasteiger partial charge is 0.387 e. The molecule has 2 aromatic heterocycles. The molecule has 0 radical (unpaired) electrons. The molecular weight excluding hydrogens is 296 g/mol. The van der Waals surface area contributed by atoms with Gasteiger partial charge in [-0.05, 0) is 17.7 Å². The fourth-order valence-electron chi connectivity index (χ4n) is 2.35. The van der Waals surface area contributed by atoms with E-state index in [9.17, 15) is 15.2 Å². The molecule has 1 aromatic carbocycles.